The van der Waals surface area contributed by atoms with E-state index in [-0.39, 0.29) is 30.4 Å². The van der Waals surface area contributed by atoms with E-state index in [9.17, 15) is 19.5 Å². The summed E-state index contributed by atoms with van der Waals surface area (Å²) in [5, 5.41) is 18.6. The molecular formula is C19H24N4O4. The topological polar surface area (TPSA) is 111 Å². The smallest absolute Gasteiger partial charge is 0.255 e. The van der Waals surface area contributed by atoms with Crippen molar-refractivity contribution in [3.8, 4) is 0 Å². The molecule has 3 aliphatic rings. The number of nitrogens with one attached hydrogen (secondary N) is 3. The van der Waals surface area contributed by atoms with Crippen LogP contribution in [0.25, 0.3) is 0 Å². The summed E-state index contributed by atoms with van der Waals surface area (Å²) in [6, 6.07) is 5.30. The van der Waals surface area contributed by atoms with Gasteiger partial charge in [-0.2, -0.15) is 0 Å². The van der Waals surface area contributed by atoms with Crippen LogP contribution in [0.3, 0.4) is 0 Å². The van der Waals surface area contributed by atoms with Gasteiger partial charge < -0.3 is 20.6 Å². The number of amides is 3. The maximum Gasteiger partial charge on any atom is 0.255 e. The van der Waals surface area contributed by atoms with Crippen molar-refractivity contribution in [1.82, 2.24) is 20.9 Å². The lowest BCUT2D eigenvalue weighted by atomic mass is 10.0. The number of hydrogen-bond acceptors (Lipinski definition) is 6. The van der Waals surface area contributed by atoms with Crippen molar-refractivity contribution in [1.29, 1.82) is 0 Å². The van der Waals surface area contributed by atoms with E-state index in [1.807, 2.05) is 12.1 Å². The van der Waals surface area contributed by atoms with Crippen LogP contribution in [-0.2, 0) is 22.7 Å². The first-order valence-electron chi connectivity index (χ1n) is 9.40. The van der Waals surface area contributed by atoms with Crippen molar-refractivity contribution < 1.29 is 19.5 Å². The molecule has 1 aromatic rings. The van der Waals surface area contributed by atoms with Gasteiger partial charge in [-0.25, -0.2) is 0 Å². The Hall–Kier alpha value is -2.29. The molecule has 3 aliphatic heterocycles. The van der Waals surface area contributed by atoms with Gasteiger partial charge in [-0.05, 0) is 30.0 Å². The number of nitrogens with zero attached hydrogens (tertiary/aromatic N) is 1. The van der Waals surface area contributed by atoms with Crippen LogP contribution >= 0.6 is 0 Å². The van der Waals surface area contributed by atoms with Gasteiger partial charge in [0, 0.05) is 44.2 Å². The molecule has 4 rings (SSSR count). The lowest BCUT2D eigenvalue weighted by Crippen LogP contribution is -2.52. The summed E-state index contributed by atoms with van der Waals surface area (Å²) in [5.41, 5.74) is 2.61. The third kappa shape index (κ3) is 3.60. The highest BCUT2D eigenvalue weighted by atomic mass is 16.3. The molecule has 8 nitrogen and oxygen atoms in total. The summed E-state index contributed by atoms with van der Waals surface area (Å²) in [6.45, 7) is 2.38. The molecule has 27 heavy (non-hydrogen) atoms. The molecule has 3 atom stereocenters. The van der Waals surface area contributed by atoms with Crippen LogP contribution in [0.5, 0.6) is 0 Å². The first-order chi connectivity index (χ1) is 13.0. The van der Waals surface area contributed by atoms with Gasteiger partial charge in [0.15, 0.2) is 0 Å². The van der Waals surface area contributed by atoms with E-state index in [1.54, 1.807) is 11.0 Å². The standard InChI is InChI=1S/C19H24N4O4/c24-13-6-12(21-9-13)8-20-7-11-2-1-3-14-15(11)10-23(19(14)27)16-4-5-17(25)22-18(16)26/h1-3,12-13,16,20-21,24H,4-10H2,(H,22,25,26)/t12-,13+,16?/m1/s1. The maximum absolute atomic E-state index is 12.8. The molecule has 1 aromatic carbocycles. The van der Waals surface area contributed by atoms with Gasteiger partial charge >= 0.3 is 0 Å². The van der Waals surface area contributed by atoms with Crippen LogP contribution in [0, 0.1) is 0 Å². The Morgan fingerprint density at radius 1 is 1.26 bits per heavy atom. The predicted molar refractivity (Wildman–Crippen MR) is 96.6 cm³/mol. The van der Waals surface area contributed by atoms with Crippen molar-refractivity contribution >= 4 is 17.7 Å². The molecule has 3 heterocycles. The summed E-state index contributed by atoms with van der Waals surface area (Å²) in [5.74, 6) is -0.823. The normalized spacial score (nSPS) is 27.8. The summed E-state index contributed by atoms with van der Waals surface area (Å²) in [4.78, 5) is 37.9. The molecule has 0 bridgehead atoms. The fourth-order valence-corrected chi connectivity index (χ4v) is 4.15. The summed E-state index contributed by atoms with van der Waals surface area (Å²) in [7, 11) is 0. The largest absolute Gasteiger partial charge is 0.392 e. The Morgan fingerprint density at radius 2 is 2.11 bits per heavy atom. The van der Waals surface area contributed by atoms with Crippen LogP contribution < -0.4 is 16.0 Å². The quantitative estimate of drug-likeness (QED) is 0.507. The maximum atomic E-state index is 12.8. The van der Waals surface area contributed by atoms with Gasteiger partial charge in [0.2, 0.25) is 11.8 Å². The Morgan fingerprint density at radius 3 is 2.85 bits per heavy atom. The van der Waals surface area contributed by atoms with E-state index in [0.29, 0.717) is 31.6 Å². The molecule has 1 unspecified atom stereocenters. The Bertz CT molecular complexity index is 781. The second-order valence-corrected chi connectivity index (χ2v) is 7.47. The molecule has 0 aromatic heterocycles. The number of β-amino-alcohol motifs (C(OH)–C–C–N with tert-alkyl or cyclic N) is 1. The molecule has 4 N–H and O–H groups in total. The number of hydrogen-bond donors (Lipinski definition) is 4. The van der Waals surface area contributed by atoms with E-state index in [4.69, 9.17) is 0 Å². The summed E-state index contributed by atoms with van der Waals surface area (Å²) in [6.07, 6.45) is 1.08. The van der Waals surface area contributed by atoms with Crippen LogP contribution in [0.15, 0.2) is 18.2 Å². The lowest BCUT2D eigenvalue weighted by molar-refractivity contribution is -0.136. The number of carbonyl (C=O) groups is 3. The molecule has 0 radical (unpaired) electrons. The average Bonchev–Trinajstić information content (AvgIpc) is 3.19. The molecule has 0 spiro atoms. The van der Waals surface area contributed by atoms with Crippen molar-refractivity contribution in [2.75, 3.05) is 13.1 Å². The number of imide groups is 1. The van der Waals surface area contributed by atoms with Crippen molar-refractivity contribution in [3.63, 3.8) is 0 Å². The summed E-state index contributed by atoms with van der Waals surface area (Å²) >= 11 is 0. The van der Waals surface area contributed by atoms with E-state index in [2.05, 4.69) is 16.0 Å². The zero-order valence-corrected chi connectivity index (χ0v) is 15.0. The first-order valence-corrected chi connectivity index (χ1v) is 9.40. The first kappa shape index (κ1) is 18.1. The minimum atomic E-state index is -0.590. The number of fused-ring (bicyclic) bond motifs is 1. The van der Waals surface area contributed by atoms with E-state index >= 15 is 0 Å². The Balaban J connectivity index is 1.43. The van der Waals surface area contributed by atoms with Crippen LogP contribution in [0.4, 0.5) is 0 Å². The minimum absolute atomic E-state index is 0.151. The molecule has 0 aliphatic carbocycles. The molecule has 144 valence electrons. The van der Waals surface area contributed by atoms with E-state index in [1.165, 1.54) is 0 Å². The molecule has 2 saturated heterocycles. The Labute approximate surface area is 157 Å². The molecule has 3 amide bonds. The van der Waals surface area contributed by atoms with Gasteiger partial charge in [0.1, 0.15) is 6.04 Å². The third-order valence-corrected chi connectivity index (χ3v) is 5.58. The molecule has 8 heteroatoms. The summed E-state index contributed by atoms with van der Waals surface area (Å²) < 4.78 is 0. The number of aliphatic hydroxyl groups is 1. The molecule has 0 saturated carbocycles. The van der Waals surface area contributed by atoms with Crippen LogP contribution in [-0.4, -0.2) is 59.0 Å². The van der Waals surface area contributed by atoms with Crippen molar-refractivity contribution in [3.05, 3.63) is 34.9 Å². The number of piperidine rings is 1. The highest BCUT2D eigenvalue weighted by Crippen LogP contribution is 2.29. The monoisotopic (exact) mass is 372 g/mol. The van der Waals surface area contributed by atoms with Crippen molar-refractivity contribution in [2.24, 2.45) is 0 Å². The fraction of sp³-hybridized carbons (Fsp3) is 0.526. The highest BCUT2D eigenvalue weighted by molar-refractivity contribution is 6.05. The van der Waals surface area contributed by atoms with Gasteiger partial charge in [0.05, 0.1) is 6.10 Å². The van der Waals surface area contributed by atoms with Crippen molar-refractivity contribution in [2.45, 2.75) is 50.5 Å². The Kier molecular flexibility index (Phi) is 4.94. The zero-order valence-electron chi connectivity index (χ0n) is 15.0. The second-order valence-electron chi connectivity index (χ2n) is 7.47. The number of aliphatic hydroxyl groups excluding tert-OH is 1. The van der Waals surface area contributed by atoms with E-state index in [0.717, 1.165) is 24.1 Å². The fourth-order valence-electron chi connectivity index (χ4n) is 4.15. The van der Waals surface area contributed by atoms with Crippen LogP contribution in [0.1, 0.15) is 40.7 Å². The lowest BCUT2D eigenvalue weighted by Gasteiger charge is -2.29. The zero-order chi connectivity index (χ0) is 19.0. The number of rotatable bonds is 5. The van der Waals surface area contributed by atoms with Gasteiger partial charge in [-0.3, -0.25) is 19.7 Å². The van der Waals surface area contributed by atoms with Crippen LogP contribution in [0.2, 0.25) is 0 Å². The minimum Gasteiger partial charge on any atom is -0.392 e. The van der Waals surface area contributed by atoms with Gasteiger partial charge in [-0.1, -0.05) is 12.1 Å². The van der Waals surface area contributed by atoms with E-state index < -0.39 is 11.9 Å². The predicted octanol–water partition coefficient (Wildman–Crippen LogP) is -0.740. The highest BCUT2D eigenvalue weighted by Gasteiger charge is 2.39. The average molecular weight is 372 g/mol. The third-order valence-electron chi connectivity index (χ3n) is 5.58. The SMILES string of the molecule is O=C1CCC(N2Cc3c(CNC[C@H]4C[C@H](O)CN4)cccc3C2=O)C(=O)N1. The van der Waals surface area contributed by atoms with Gasteiger partial charge in [0.25, 0.3) is 5.91 Å². The number of carbonyl (C=O) groups excluding carboxylic acids is 3. The molecule has 2 fully saturated rings. The molecular weight excluding hydrogens is 348 g/mol. The van der Waals surface area contributed by atoms with Gasteiger partial charge in [-0.15, -0.1) is 0 Å². The second kappa shape index (κ2) is 7.38. The number of benzene rings is 1.